The molecule has 1 aromatic heterocycles. The Hall–Kier alpha value is -1.95. The molecule has 1 aliphatic rings. The van der Waals surface area contributed by atoms with Crippen LogP contribution in [0.4, 0.5) is 0 Å². The predicted molar refractivity (Wildman–Crippen MR) is 72.0 cm³/mol. The van der Waals surface area contributed by atoms with Gasteiger partial charge in [-0.1, -0.05) is 13.3 Å². The summed E-state index contributed by atoms with van der Waals surface area (Å²) >= 11 is 0. The minimum atomic E-state index is -0.446. The van der Waals surface area contributed by atoms with Crippen molar-refractivity contribution in [3.8, 4) is 0 Å². The molecule has 0 fully saturated rings. The van der Waals surface area contributed by atoms with Gasteiger partial charge >= 0.3 is 5.63 Å². The molecule has 0 saturated heterocycles. The van der Waals surface area contributed by atoms with Crippen LogP contribution in [0, 0.1) is 0 Å². The molecule has 2 rings (SSSR count). The van der Waals surface area contributed by atoms with Gasteiger partial charge in [0.05, 0.1) is 18.6 Å². The third kappa shape index (κ3) is 3.14. The van der Waals surface area contributed by atoms with E-state index in [0.717, 1.165) is 12.0 Å². The van der Waals surface area contributed by atoms with E-state index < -0.39 is 5.63 Å². The molecule has 0 bridgehead atoms. The van der Waals surface area contributed by atoms with Crippen LogP contribution in [0.3, 0.4) is 0 Å². The number of nitrogens with zero attached hydrogens (tertiary/aromatic N) is 1. The number of methoxy groups -OCH3 is 1. The van der Waals surface area contributed by atoms with Gasteiger partial charge in [0.1, 0.15) is 12.4 Å². The quantitative estimate of drug-likeness (QED) is 0.754. The van der Waals surface area contributed by atoms with Crippen LogP contribution in [0.2, 0.25) is 0 Å². The second-order valence-electron chi connectivity index (χ2n) is 4.47. The van der Waals surface area contributed by atoms with Crippen molar-refractivity contribution in [2.75, 3.05) is 20.3 Å². The van der Waals surface area contributed by atoms with Gasteiger partial charge < -0.3 is 13.9 Å². The molecule has 0 atom stereocenters. The number of rotatable bonds is 5. The number of aliphatic imine (C=N–C) groups is 1. The summed E-state index contributed by atoms with van der Waals surface area (Å²) in [6.07, 6.45) is 1.57. The first-order valence-corrected chi connectivity index (χ1v) is 6.55. The van der Waals surface area contributed by atoms with Gasteiger partial charge in [-0.3, -0.25) is 4.79 Å². The minimum Gasteiger partial charge on any atom is -0.475 e. The summed E-state index contributed by atoms with van der Waals surface area (Å²) in [5, 5.41) is 0. The van der Waals surface area contributed by atoms with E-state index in [1.54, 1.807) is 7.11 Å². The van der Waals surface area contributed by atoms with Gasteiger partial charge in [0.25, 0.3) is 5.91 Å². The second-order valence-corrected chi connectivity index (χ2v) is 4.47. The molecule has 2 heterocycles. The van der Waals surface area contributed by atoms with Gasteiger partial charge in [0.15, 0.2) is 0 Å². The number of ether oxygens (including phenoxy) is 2. The van der Waals surface area contributed by atoms with Crippen molar-refractivity contribution in [1.82, 2.24) is 0 Å². The molecule has 6 heteroatoms. The van der Waals surface area contributed by atoms with Crippen molar-refractivity contribution < 1.29 is 18.7 Å². The SMILES string of the molecule is CCCc1cc(=O)oc2c1C(OCCOC)=NC(=O)C2. The lowest BCUT2D eigenvalue weighted by molar-refractivity contribution is -0.117. The Kier molecular flexibility index (Phi) is 4.68. The van der Waals surface area contributed by atoms with Crippen LogP contribution < -0.4 is 5.63 Å². The van der Waals surface area contributed by atoms with Crippen LogP contribution in [0.5, 0.6) is 0 Å². The average Bonchev–Trinajstić information content (AvgIpc) is 2.38. The number of carbonyl (C=O) groups is 1. The van der Waals surface area contributed by atoms with Crippen molar-refractivity contribution in [2.24, 2.45) is 4.99 Å². The van der Waals surface area contributed by atoms with Crippen molar-refractivity contribution in [2.45, 2.75) is 26.2 Å². The number of carbonyl (C=O) groups excluding carboxylic acids is 1. The summed E-state index contributed by atoms with van der Waals surface area (Å²) in [6, 6.07) is 1.44. The van der Waals surface area contributed by atoms with Gasteiger partial charge in [-0.25, -0.2) is 4.79 Å². The van der Waals surface area contributed by atoms with Crippen LogP contribution in [0.15, 0.2) is 20.3 Å². The summed E-state index contributed by atoms with van der Waals surface area (Å²) in [5.74, 6) is 0.190. The van der Waals surface area contributed by atoms with E-state index in [0.29, 0.717) is 24.4 Å². The Balaban J connectivity index is 2.41. The fourth-order valence-corrected chi connectivity index (χ4v) is 2.12. The molecule has 0 unspecified atom stereocenters. The van der Waals surface area contributed by atoms with Crippen LogP contribution >= 0.6 is 0 Å². The second kappa shape index (κ2) is 6.47. The predicted octanol–water partition coefficient (Wildman–Crippen LogP) is 1.08. The number of hydrogen-bond acceptors (Lipinski definition) is 5. The maximum atomic E-state index is 11.6. The van der Waals surface area contributed by atoms with Crippen molar-refractivity contribution in [3.63, 3.8) is 0 Å². The first kappa shape index (κ1) is 14.5. The molecule has 1 aliphatic heterocycles. The van der Waals surface area contributed by atoms with E-state index in [2.05, 4.69) is 4.99 Å². The summed E-state index contributed by atoms with van der Waals surface area (Å²) in [6.45, 7) is 2.69. The number of fused-ring (bicyclic) bond motifs is 1. The van der Waals surface area contributed by atoms with Crippen LogP contribution in [-0.4, -0.2) is 32.1 Å². The average molecular weight is 279 g/mol. The summed E-state index contributed by atoms with van der Waals surface area (Å²) in [7, 11) is 1.56. The zero-order valence-corrected chi connectivity index (χ0v) is 11.6. The summed E-state index contributed by atoms with van der Waals surface area (Å²) < 4.78 is 15.5. The molecular formula is C14H17NO5. The molecule has 6 nitrogen and oxygen atoms in total. The van der Waals surface area contributed by atoms with Crippen LogP contribution in [0.1, 0.15) is 30.2 Å². The molecule has 0 N–H and O–H groups in total. The highest BCUT2D eigenvalue weighted by Crippen LogP contribution is 2.21. The maximum absolute atomic E-state index is 11.6. The van der Waals surface area contributed by atoms with Gasteiger partial charge in [-0.2, -0.15) is 4.99 Å². The van der Waals surface area contributed by atoms with E-state index in [1.165, 1.54) is 6.07 Å². The van der Waals surface area contributed by atoms with Crippen molar-refractivity contribution >= 4 is 11.8 Å². The highest BCUT2D eigenvalue weighted by molar-refractivity contribution is 6.06. The molecule has 0 aliphatic carbocycles. The number of hydrogen-bond donors (Lipinski definition) is 0. The van der Waals surface area contributed by atoms with Crippen LogP contribution in [0.25, 0.3) is 0 Å². The molecule has 0 aromatic carbocycles. The van der Waals surface area contributed by atoms with Gasteiger partial charge in [-0.15, -0.1) is 0 Å². The Labute approximate surface area is 116 Å². The van der Waals surface area contributed by atoms with Crippen LogP contribution in [-0.2, 0) is 27.1 Å². The van der Waals surface area contributed by atoms with Crippen molar-refractivity contribution in [1.29, 1.82) is 0 Å². The van der Waals surface area contributed by atoms with E-state index >= 15 is 0 Å². The Morgan fingerprint density at radius 3 is 2.85 bits per heavy atom. The molecular weight excluding hydrogens is 262 g/mol. The zero-order chi connectivity index (χ0) is 14.5. The van der Waals surface area contributed by atoms with E-state index in [-0.39, 0.29) is 24.8 Å². The first-order valence-electron chi connectivity index (χ1n) is 6.55. The van der Waals surface area contributed by atoms with E-state index in [4.69, 9.17) is 13.9 Å². The number of aryl methyl sites for hydroxylation is 1. The fraction of sp³-hybridized carbons (Fsp3) is 0.500. The van der Waals surface area contributed by atoms with Gasteiger partial charge in [-0.05, 0) is 12.0 Å². The highest BCUT2D eigenvalue weighted by atomic mass is 16.5. The molecule has 0 spiro atoms. The number of amides is 1. The lowest BCUT2D eigenvalue weighted by Crippen LogP contribution is -2.24. The van der Waals surface area contributed by atoms with Crippen molar-refractivity contribution in [3.05, 3.63) is 33.4 Å². The Morgan fingerprint density at radius 1 is 1.35 bits per heavy atom. The molecule has 108 valence electrons. The van der Waals surface area contributed by atoms with Gasteiger partial charge in [0, 0.05) is 13.2 Å². The van der Waals surface area contributed by atoms with E-state index in [1.807, 2.05) is 6.92 Å². The molecule has 1 aromatic rings. The normalized spacial score (nSPS) is 13.9. The molecule has 1 amide bonds. The largest absolute Gasteiger partial charge is 0.475 e. The lowest BCUT2D eigenvalue weighted by atomic mass is 10.00. The zero-order valence-electron chi connectivity index (χ0n) is 11.6. The Morgan fingerprint density at radius 2 is 2.15 bits per heavy atom. The smallest absolute Gasteiger partial charge is 0.336 e. The maximum Gasteiger partial charge on any atom is 0.336 e. The monoisotopic (exact) mass is 279 g/mol. The third-order valence-electron chi connectivity index (χ3n) is 2.91. The molecule has 0 radical (unpaired) electrons. The van der Waals surface area contributed by atoms with Gasteiger partial charge in [0.2, 0.25) is 5.90 Å². The van der Waals surface area contributed by atoms with E-state index in [9.17, 15) is 9.59 Å². The first-order chi connectivity index (χ1) is 9.65. The highest BCUT2D eigenvalue weighted by Gasteiger charge is 2.26. The fourth-order valence-electron chi connectivity index (χ4n) is 2.12. The summed E-state index contributed by atoms with van der Waals surface area (Å²) in [5.41, 5.74) is 1.00. The standard InChI is InChI=1S/C14H17NO5/c1-3-4-9-7-12(17)20-10-8-11(16)15-14(13(9)10)19-6-5-18-2/h7H,3-6,8H2,1-2H3. The minimum absolute atomic E-state index is 0.000729. The topological polar surface area (TPSA) is 78.1 Å². The third-order valence-corrected chi connectivity index (χ3v) is 2.91. The Bertz CT molecular complexity index is 588. The molecule has 20 heavy (non-hydrogen) atoms. The molecule has 0 saturated carbocycles. The summed E-state index contributed by atoms with van der Waals surface area (Å²) in [4.78, 5) is 27.0. The lowest BCUT2D eigenvalue weighted by Gasteiger charge is -2.18.